The van der Waals surface area contributed by atoms with E-state index in [1.165, 1.54) is 0 Å². The Kier molecular flexibility index (Phi) is 2.37. The lowest BCUT2D eigenvalue weighted by molar-refractivity contribution is 0.251. The molecule has 1 aromatic carbocycles. The molecule has 1 heterocycles. The number of benzene rings is 1. The number of halogens is 2. The molecule has 4 heteroatoms. The first-order valence-corrected chi connectivity index (χ1v) is 4.46. The maximum absolute atomic E-state index is 13.3. The predicted molar refractivity (Wildman–Crippen MR) is 48.2 cm³/mol. The Morgan fingerprint density at radius 3 is 2.93 bits per heavy atom. The smallest absolute Gasteiger partial charge is 0.200 e. The van der Waals surface area contributed by atoms with Gasteiger partial charge < -0.3 is 4.74 Å². The Labute approximate surface area is 81.1 Å². The monoisotopic (exact) mass is 199 g/mol. The molecular formula is C10H11F2NO. The molecule has 0 amide bonds. The highest BCUT2D eigenvalue weighted by Crippen LogP contribution is 2.27. The van der Waals surface area contributed by atoms with Crippen molar-refractivity contribution in [3.05, 3.63) is 29.3 Å². The summed E-state index contributed by atoms with van der Waals surface area (Å²) >= 11 is 0. The van der Waals surface area contributed by atoms with Crippen molar-refractivity contribution < 1.29 is 13.5 Å². The minimum Gasteiger partial charge on any atom is -0.489 e. The minimum atomic E-state index is -0.877. The van der Waals surface area contributed by atoms with Gasteiger partial charge in [-0.1, -0.05) is 6.07 Å². The molecule has 0 aliphatic carbocycles. The predicted octanol–water partition coefficient (Wildman–Crippen LogP) is 1.79. The molecule has 0 saturated heterocycles. The van der Waals surface area contributed by atoms with Gasteiger partial charge in [0.15, 0.2) is 11.6 Å². The summed E-state index contributed by atoms with van der Waals surface area (Å²) in [4.78, 5) is 2.00. The molecule has 0 bridgehead atoms. The molecule has 0 atom stereocenters. The highest BCUT2D eigenvalue weighted by Gasteiger charge is 2.18. The third kappa shape index (κ3) is 1.57. The van der Waals surface area contributed by atoms with Crippen LogP contribution in [-0.4, -0.2) is 25.1 Å². The van der Waals surface area contributed by atoms with Crippen LogP contribution in [0.2, 0.25) is 0 Å². The zero-order chi connectivity index (χ0) is 10.1. The zero-order valence-corrected chi connectivity index (χ0v) is 7.89. The third-order valence-electron chi connectivity index (χ3n) is 2.29. The summed E-state index contributed by atoms with van der Waals surface area (Å²) in [6, 6.07) is 2.70. The van der Waals surface area contributed by atoms with Crippen molar-refractivity contribution in [1.82, 2.24) is 4.90 Å². The lowest BCUT2D eigenvalue weighted by Gasteiger charge is -2.11. The molecule has 0 fully saturated rings. The van der Waals surface area contributed by atoms with E-state index in [0.29, 0.717) is 18.7 Å². The summed E-state index contributed by atoms with van der Waals surface area (Å²) in [5, 5.41) is 0. The number of fused-ring (bicyclic) bond motifs is 1. The first-order chi connectivity index (χ1) is 6.68. The fourth-order valence-corrected chi connectivity index (χ4v) is 1.53. The van der Waals surface area contributed by atoms with E-state index >= 15 is 0 Å². The molecule has 2 rings (SSSR count). The SMILES string of the molecule is CN1CCOc2c(ccc(F)c2F)C1. The van der Waals surface area contributed by atoms with Gasteiger partial charge in [0.25, 0.3) is 0 Å². The molecule has 1 aliphatic heterocycles. The molecule has 1 aromatic rings. The highest BCUT2D eigenvalue weighted by molar-refractivity contribution is 5.36. The Morgan fingerprint density at radius 1 is 1.36 bits per heavy atom. The van der Waals surface area contributed by atoms with E-state index in [1.807, 2.05) is 11.9 Å². The lowest BCUT2D eigenvalue weighted by atomic mass is 10.2. The van der Waals surface area contributed by atoms with Gasteiger partial charge in [0.1, 0.15) is 6.61 Å². The third-order valence-corrected chi connectivity index (χ3v) is 2.29. The van der Waals surface area contributed by atoms with Crippen LogP contribution in [0.1, 0.15) is 5.56 Å². The van der Waals surface area contributed by atoms with Crippen LogP contribution in [0.4, 0.5) is 8.78 Å². The van der Waals surface area contributed by atoms with E-state index < -0.39 is 11.6 Å². The maximum Gasteiger partial charge on any atom is 0.200 e. The van der Waals surface area contributed by atoms with E-state index in [-0.39, 0.29) is 5.75 Å². The van der Waals surface area contributed by atoms with E-state index in [9.17, 15) is 8.78 Å². The quantitative estimate of drug-likeness (QED) is 0.631. The van der Waals surface area contributed by atoms with Gasteiger partial charge in [-0.05, 0) is 13.1 Å². The molecule has 14 heavy (non-hydrogen) atoms. The van der Waals surface area contributed by atoms with Gasteiger partial charge in [0.05, 0.1) is 0 Å². The number of hydrogen-bond donors (Lipinski definition) is 0. The van der Waals surface area contributed by atoms with E-state index in [0.717, 1.165) is 12.6 Å². The number of rotatable bonds is 0. The highest BCUT2D eigenvalue weighted by atomic mass is 19.2. The van der Waals surface area contributed by atoms with Crippen LogP contribution >= 0.6 is 0 Å². The molecule has 76 valence electrons. The van der Waals surface area contributed by atoms with Crippen LogP contribution in [-0.2, 0) is 6.54 Å². The molecule has 0 spiro atoms. The van der Waals surface area contributed by atoms with Crippen molar-refractivity contribution >= 4 is 0 Å². The Balaban J connectivity index is 2.45. The average Bonchev–Trinajstić information content (AvgIpc) is 2.34. The Hall–Kier alpha value is -1.16. The summed E-state index contributed by atoms with van der Waals surface area (Å²) in [5.74, 6) is -1.67. The van der Waals surface area contributed by atoms with Gasteiger partial charge in [-0.3, -0.25) is 4.90 Å². The molecular weight excluding hydrogens is 188 g/mol. The normalized spacial score (nSPS) is 17.1. The van der Waals surface area contributed by atoms with Gasteiger partial charge in [-0.15, -0.1) is 0 Å². The number of nitrogens with zero attached hydrogens (tertiary/aromatic N) is 1. The zero-order valence-electron chi connectivity index (χ0n) is 7.89. The fraction of sp³-hybridized carbons (Fsp3) is 0.400. The van der Waals surface area contributed by atoms with Crippen molar-refractivity contribution in [2.75, 3.05) is 20.2 Å². The van der Waals surface area contributed by atoms with Crippen molar-refractivity contribution in [2.45, 2.75) is 6.54 Å². The van der Waals surface area contributed by atoms with Crippen molar-refractivity contribution in [3.63, 3.8) is 0 Å². The van der Waals surface area contributed by atoms with Gasteiger partial charge in [0.2, 0.25) is 5.82 Å². The minimum absolute atomic E-state index is 0.0642. The van der Waals surface area contributed by atoms with Crippen molar-refractivity contribution in [2.24, 2.45) is 0 Å². The van der Waals surface area contributed by atoms with Crippen molar-refractivity contribution in [1.29, 1.82) is 0 Å². The molecule has 2 nitrogen and oxygen atoms in total. The topological polar surface area (TPSA) is 12.5 Å². The average molecular weight is 199 g/mol. The second kappa shape index (κ2) is 3.53. The van der Waals surface area contributed by atoms with E-state index in [4.69, 9.17) is 4.74 Å². The maximum atomic E-state index is 13.3. The van der Waals surface area contributed by atoms with Crippen LogP contribution in [0, 0.1) is 11.6 Å². The fourth-order valence-electron chi connectivity index (χ4n) is 1.53. The molecule has 1 aliphatic rings. The van der Waals surface area contributed by atoms with Crippen LogP contribution in [0.15, 0.2) is 12.1 Å². The molecule has 0 N–H and O–H groups in total. The lowest BCUT2D eigenvalue weighted by Crippen LogP contribution is -2.20. The largest absolute Gasteiger partial charge is 0.489 e. The molecule has 0 aromatic heterocycles. The van der Waals surface area contributed by atoms with Crippen LogP contribution in [0.25, 0.3) is 0 Å². The number of hydrogen-bond acceptors (Lipinski definition) is 2. The first-order valence-electron chi connectivity index (χ1n) is 4.46. The van der Waals surface area contributed by atoms with Gasteiger partial charge >= 0.3 is 0 Å². The number of likely N-dealkylation sites (N-methyl/N-ethyl adjacent to an activating group) is 1. The Morgan fingerprint density at radius 2 is 2.14 bits per heavy atom. The second-order valence-electron chi connectivity index (χ2n) is 3.44. The van der Waals surface area contributed by atoms with Gasteiger partial charge in [-0.25, -0.2) is 4.39 Å². The standard InChI is InChI=1S/C10H11F2NO/c1-13-4-5-14-10-7(6-13)2-3-8(11)9(10)12/h2-3H,4-6H2,1H3. The Bertz CT molecular complexity index is 354. The van der Waals surface area contributed by atoms with E-state index in [2.05, 4.69) is 0 Å². The van der Waals surface area contributed by atoms with Gasteiger partial charge in [-0.2, -0.15) is 4.39 Å². The van der Waals surface area contributed by atoms with Crippen LogP contribution in [0.5, 0.6) is 5.75 Å². The van der Waals surface area contributed by atoms with Crippen LogP contribution in [0.3, 0.4) is 0 Å². The molecule has 0 saturated carbocycles. The van der Waals surface area contributed by atoms with Gasteiger partial charge in [0, 0.05) is 18.7 Å². The van der Waals surface area contributed by atoms with E-state index in [1.54, 1.807) is 6.07 Å². The second-order valence-corrected chi connectivity index (χ2v) is 3.44. The molecule has 0 unspecified atom stereocenters. The number of ether oxygens (including phenoxy) is 1. The summed E-state index contributed by atoms with van der Waals surface area (Å²) in [6.07, 6.45) is 0. The summed E-state index contributed by atoms with van der Waals surface area (Å²) in [5.41, 5.74) is 0.698. The summed E-state index contributed by atoms with van der Waals surface area (Å²) in [7, 11) is 1.92. The van der Waals surface area contributed by atoms with Crippen molar-refractivity contribution in [3.8, 4) is 5.75 Å². The first kappa shape index (κ1) is 9.40. The molecule has 0 radical (unpaired) electrons. The van der Waals surface area contributed by atoms with Crippen LogP contribution < -0.4 is 4.74 Å². The summed E-state index contributed by atoms with van der Waals surface area (Å²) in [6.45, 7) is 1.70. The summed E-state index contributed by atoms with van der Waals surface area (Å²) < 4.78 is 31.3.